The summed E-state index contributed by atoms with van der Waals surface area (Å²) >= 11 is 0. The largest absolute Gasteiger partial charge is 0.501 e. The Morgan fingerprint density at radius 2 is 2.55 bits per heavy atom. The highest BCUT2D eigenvalue weighted by Gasteiger charge is 2.14. The average Bonchev–Trinajstić information content (AvgIpc) is 2.07. The lowest BCUT2D eigenvalue weighted by molar-refractivity contribution is 0.208. The molecule has 2 nitrogen and oxygen atoms in total. The van der Waals surface area contributed by atoms with Gasteiger partial charge in [-0.05, 0) is 31.4 Å². The van der Waals surface area contributed by atoms with E-state index in [1.54, 1.807) is 6.26 Å². The summed E-state index contributed by atoms with van der Waals surface area (Å²) in [4.78, 5) is 0. The molecular weight excluding hydrogens is 145 g/mol. The molecule has 0 aromatic carbocycles. The fourth-order valence-electron chi connectivity index (χ4n) is 1.15. The van der Waals surface area contributed by atoms with Crippen molar-refractivity contribution in [1.29, 1.82) is 0 Å². The first kappa shape index (κ1) is 8.53. The van der Waals surface area contributed by atoms with Crippen LogP contribution < -0.4 is 5.73 Å². The second-order valence-corrected chi connectivity index (χ2v) is 2.71. The maximum absolute atomic E-state index is 13.1. The third-order valence-corrected chi connectivity index (χ3v) is 1.78. The monoisotopic (exact) mass is 159 g/mol. The summed E-state index contributed by atoms with van der Waals surface area (Å²) in [6, 6.07) is 0. The van der Waals surface area contributed by atoms with Crippen molar-refractivity contribution in [3.05, 3.63) is 11.8 Å². The van der Waals surface area contributed by atoms with E-state index in [0.717, 1.165) is 25.0 Å². The molecule has 1 atom stereocenters. The lowest BCUT2D eigenvalue weighted by atomic mass is 10.0. The molecule has 0 aliphatic carbocycles. The molecule has 0 radical (unpaired) electrons. The van der Waals surface area contributed by atoms with Crippen LogP contribution in [0, 0.1) is 0 Å². The molecule has 0 bridgehead atoms. The van der Waals surface area contributed by atoms with Crippen LogP contribution in [0.2, 0.25) is 0 Å². The van der Waals surface area contributed by atoms with Crippen molar-refractivity contribution >= 4 is 0 Å². The molecule has 1 rings (SSSR count). The first-order valence-electron chi connectivity index (χ1n) is 3.99. The van der Waals surface area contributed by atoms with E-state index in [1.165, 1.54) is 0 Å². The molecule has 0 fully saturated rings. The van der Waals surface area contributed by atoms with E-state index in [-0.39, 0.29) is 0 Å². The molecule has 0 aromatic rings. The van der Waals surface area contributed by atoms with Crippen LogP contribution in [-0.2, 0) is 4.74 Å². The van der Waals surface area contributed by atoms with Gasteiger partial charge in [0.05, 0.1) is 12.9 Å². The third kappa shape index (κ3) is 2.50. The van der Waals surface area contributed by atoms with E-state index in [1.807, 2.05) is 0 Å². The van der Waals surface area contributed by atoms with Gasteiger partial charge in [0.25, 0.3) is 0 Å². The number of ether oxygens (including phenoxy) is 1. The van der Waals surface area contributed by atoms with Crippen LogP contribution in [0.15, 0.2) is 11.8 Å². The van der Waals surface area contributed by atoms with Crippen molar-refractivity contribution in [2.75, 3.05) is 13.2 Å². The van der Waals surface area contributed by atoms with Gasteiger partial charge in [-0.2, -0.15) is 0 Å². The van der Waals surface area contributed by atoms with Gasteiger partial charge in [0, 0.05) is 0 Å². The number of rotatable bonds is 3. The summed E-state index contributed by atoms with van der Waals surface area (Å²) in [5.41, 5.74) is 5.99. The summed E-state index contributed by atoms with van der Waals surface area (Å²) < 4.78 is 18.1. The van der Waals surface area contributed by atoms with E-state index in [4.69, 9.17) is 10.5 Å². The van der Waals surface area contributed by atoms with Gasteiger partial charge in [0.15, 0.2) is 0 Å². The molecule has 1 aliphatic heterocycles. The van der Waals surface area contributed by atoms with Crippen molar-refractivity contribution in [3.8, 4) is 0 Å². The van der Waals surface area contributed by atoms with Gasteiger partial charge in [0.1, 0.15) is 6.17 Å². The Balaban J connectivity index is 2.37. The smallest absolute Gasteiger partial charge is 0.126 e. The van der Waals surface area contributed by atoms with Crippen molar-refractivity contribution in [2.45, 2.75) is 25.4 Å². The predicted octanol–water partition coefficient (Wildman–Crippen LogP) is 1.37. The lowest BCUT2D eigenvalue weighted by Crippen LogP contribution is -2.14. The number of allylic oxidation sites excluding steroid dienone is 1. The molecular formula is C8H14FNO. The number of halogens is 1. The minimum absolute atomic E-state index is 0.401. The van der Waals surface area contributed by atoms with Gasteiger partial charge >= 0.3 is 0 Å². The van der Waals surface area contributed by atoms with Gasteiger partial charge in [-0.25, -0.2) is 4.39 Å². The van der Waals surface area contributed by atoms with E-state index in [9.17, 15) is 4.39 Å². The van der Waals surface area contributed by atoms with Crippen molar-refractivity contribution in [3.63, 3.8) is 0 Å². The summed E-state index contributed by atoms with van der Waals surface area (Å²) in [6.45, 7) is 1.12. The Hall–Kier alpha value is -0.570. The van der Waals surface area contributed by atoms with Gasteiger partial charge in [-0.3, -0.25) is 0 Å². The van der Waals surface area contributed by atoms with Crippen LogP contribution in [0.5, 0.6) is 0 Å². The number of hydrogen-bond donors (Lipinski definition) is 1. The zero-order valence-electron chi connectivity index (χ0n) is 6.55. The maximum atomic E-state index is 13.1. The van der Waals surface area contributed by atoms with Crippen molar-refractivity contribution in [1.82, 2.24) is 0 Å². The van der Waals surface area contributed by atoms with Gasteiger partial charge < -0.3 is 10.5 Å². The maximum Gasteiger partial charge on any atom is 0.126 e. The molecule has 1 heterocycles. The Morgan fingerprint density at radius 3 is 3.09 bits per heavy atom. The molecule has 11 heavy (non-hydrogen) atoms. The van der Waals surface area contributed by atoms with Crippen LogP contribution in [-0.4, -0.2) is 19.3 Å². The Labute approximate surface area is 66.2 Å². The highest BCUT2D eigenvalue weighted by Crippen LogP contribution is 2.19. The minimum Gasteiger partial charge on any atom is -0.501 e. The zero-order chi connectivity index (χ0) is 8.10. The zero-order valence-corrected chi connectivity index (χ0v) is 6.55. The van der Waals surface area contributed by atoms with Crippen LogP contribution >= 0.6 is 0 Å². The molecule has 1 unspecified atom stereocenters. The van der Waals surface area contributed by atoms with Crippen molar-refractivity contribution in [2.24, 2.45) is 5.73 Å². The normalized spacial score (nSPS) is 20.4. The standard InChI is InChI=1S/C8H14FNO/c9-8(3-4-10)7-2-1-5-11-6-7/h6,8H,1-5,10H2. The molecule has 3 heteroatoms. The molecule has 1 aliphatic rings. The first-order chi connectivity index (χ1) is 5.34. The van der Waals surface area contributed by atoms with Crippen LogP contribution in [0.1, 0.15) is 19.3 Å². The Kier molecular flexibility index (Phi) is 3.36. The van der Waals surface area contributed by atoms with Crippen LogP contribution in [0.25, 0.3) is 0 Å². The second-order valence-electron chi connectivity index (χ2n) is 2.71. The summed E-state index contributed by atoms with van der Waals surface area (Å²) in [5, 5.41) is 0. The topological polar surface area (TPSA) is 35.2 Å². The summed E-state index contributed by atoms with van der Waals surface area (Å²) in [6.07, 6.45) is 2.82. The minimum atomic E-state index is -0.889. The molecule has 0 spiro atoms. The Bertz CT molecular complexity index is 147. The van der Waals surface area contributed by atoms with E-state index >= 15 is 0 Å². The summed E-state index contributed by atoms with van der Waals surface area (Å²) in [7, 11) is 0. The third-order valence-electron chi connectivity index (χ3n) is 1.78. The lowest BCUT2D eigenvalue weighted by Gasteiger charge is -2.16. The second kappa shape index (κ2) is 4.34. The van der Waals surface area contributed by atoms with Crippen molar-refractivity contribution < 1.29 is 9.13 Å². The predicted molar refractivity (Wildman–Crippen MR) is 41.8 cm³/mol. The quantitative estimate of drug-likeness (QED) is 0.675. The number of alkyl halides is 1. The fourth-order valence-corrected chi connectivity index (χ4v) is 1.15. The van der Waals surface area contributed by atoms with E-state index in [0.29, 0.717) is 13.0 Å². The molecule has 0 saturated carbocycles. The molecule has 0 aromatic heterocycles. The first-order valence-corrected chi connectivity index (χ1v) is 3.99. The van der Waals surface area contributed by atoms with E-state index < -0.39 is 6.17 Å². The van der Waals surface area contributed by atoms with Gasteiger partial charge in [-0.1, -0.05) is 0 Å². The number of nitrogens with two attached hydrogens (primary N) is 1. The molecule has 64 valence electrons. The highest BCUT2D eigenvalue weighted by molar-refractivity contribution is 5.06. The molecule has 2 N–H and O–H groups in total. The number of hydrogen-bond acceptors (Lipinski definition) is 2. The highest BCUT2D eigenvalue weighted by atomic mass is 19.1. The van der Waals surface area contributed by atoms with Gasteiger partial charge in [-0.15, -0.1) is 0 Å². The molecule has 0 amide bonds. The van der Waals surface area contributed by atoms with Crippen LogP contribution in [0.3, 0.4) is 0 Å². The van der Waals surface area contributed by atoms with E-state index in [2.05, 4.69) is 0 Å². The Morgan fingerprint density at radius 1 is 1.73 bits per heavy atom. The fraction of sp³-hybridized carbons (Fsp3) is 0.750. The summed E-state index contributed by atoms with van der Waals surface area (Å²) in [5.74, 6) is 0. The average molecular weight is 159 g/mol. The SMILES string of the molecule is NCCC(F)C1=COCCC1. The van der Waals surface area contributed by atoms with Gasteiger partial charge in [0.2, 0.25) is 0 Å². The molecule has 0 saturated heterocycles. The van der Waals surface area contributed by atoms with Crippen LogP contribution in [0.4, 0.5) is 4.39 Å².